The zero-order valence-corrected chi connectivity index (χ0v) is 11.8. The van der Waals surface area contributed by atoms with Crippen molar-refractivity contribution in [3.8, 4) is 0 Å². The van der Waals surface area contributed by atoms with Crippen LogP contribution in [0, 0.1) is 0 Å². The van der Waals surface area contributed by atoms with Gasteiger partial charge in [-0.05, 0) is 17.7 Å². The lowest BCUT2D eigenvalue weighted by atomic mass is 10.2. The van der Waals surface area contributed by atoms with Gasteiger partial charge in [0.2, 0.25) is 0 Å². The molecule has 1 fully saturated rings. The maximum Gasteiger partial charge on any atom is 0.334 e. The SMILES string of the molecule is O=C([O-])CN1C(=O)C(=O)N(Cc2ccc(Cl)c(Cl)c2)C1=O. The minimum absolute atomic E-state index is 0.218. The first-order chi connectivity index (χ1) is 9.81. The minimum atomic E-state index is -1.64. The maximum atomic E-state index is 11.9. The Kier molecular flexibility index (Phi) is 4.15. The lowest BCUT2D eigenvalue weighted by Crippen LogP contribution is -2.42. The van der Waals surface area contributed by atoms with Gasteiger partial charge in [-0.2, -0.15) is 0 Å². The largest absolute Gasteiger partial charge is 0.548 e. The fraction of sp³-hybridized carbons (Fsp3) is 0.167. The highest BCUT2D eigenvalue weighted by molar-refractivity contribution is 6.45. The summed E-state index contributed by atoms with van der Waals surface area (Å²) in [6.45, 7) is -1.19. The lowest BCUT2D eigenvalue weighted by molar-refractivity contribution is -0.305. The van der Waals surface area contributed by atoms with Gasteiger partial charge in [-0.1, -0.05) is 29.3 Å². The Morgan fingerprint density at radius 1 is 1.05 bits per heavy atom. The number of carbonyl (C=O) groups is 4. The number of carboxylic acids is 1. The molecule has 1 saturated heterocycles. The molecule has 1 aliphatic rings. The van der Waals surface area contributed by atoms with Crippen LogP contribution in [0.1, 0.15) is 5.56 Å². The van der Waals surface area contributed by atoms with Crippen LogP contribution in [-0.4, -0.2) is 40.2 Å². The van der Waals surface area contributed by atoms with Gasteiger partial charge in [0, 0.05) is 0 Å². The Bertz CT molecular complexity index is 661. The second kappa shape index (κ2) is 5.71. The molecule has 0 spiro atoms. The summed E-state index contributed by atoms with van der Waals surface area (Å²) in [5.74, 6) is -3.95. The number of hydrogen-bond acceptors (Lipinski definition) is 5. The van der Waals surface area contributed by atoms with Crippen LogP contribution in [-0.2, 0) is 20.9 Å². The first kappa shape index (κ1) is 15.3. The summed E-state index contributed by atoms with van der Waals surface area (Å²) < 4.78 is 0. The van der Waals surface area contributed by atoms with E-state index < -0.39 is 30.4 Å². The predicted octanol–water partition coefficient (Wildman–Crippen LogP) is 0.0341. The molecule has 0 atom stereocenters. The Hall–Kier alpha value is -2.12. The van der Waals surface area contributed by atoms with Crippen LogP contribution in [0.5, 0.6) is 0 Å². The third-order valence-electron chi connectivity index (χ3n) is 2.75. The molecule has 1 aromatic rings. The van der Waals surface area contributed by atoms with E-state index in [2.05, 4.69) is 0 Å². The van der Waals surface area contributed by atoms with Crippen LogP contribution in [0.3, 0.4) is 0 Å². The van der Waals surface area contributed by atoms with Crippen molar-refractivity contribution in [2.45, 2.75) is 6.54 Å². The van der Waals surface area contributed by atoms with E-state index in [0.29, 0.717) is 20.4 Å². The zero-order valence-electron chi connectivity index (χ0n) is 10.3. The highest BCUT2D eigenvalue weighted by atomic mass is 35.5. The van der Waals surface area contributed by atoms with Crippen LogP contribution in [0.2, 0.25) is 10.0 Å². The number of urea groups is 1. The standard InChI is InChI=1S/C12H8Cl2N2O5/c13-7-2-1-6(3-8(7)14)4-15-10(19)11(20)16(12(15)21)5-9(17)18/h1-3H,4-5H2,(H,17,18)/p-1. The molecule has 1 heterocycles. The van der Waals surface area contributed by atoms with Gasteiger partial charge in [-0.3, -0.25) is 14.5 Å². The third-order valence-corrected chi connectivity index (χ3v) is 3.49. The smallest absolute Gasteiger partial charge is 0.334 e. The average molecular weight is 330 g/mol. The van der Waals surface area contributed by atoms with Crippen LogP contribution >= 0.6 is 23.2 Å². The number of carbonyl (C=O) groups excluding carboxylic acids is 4. The Morgan fingerprint density at radius 3 is 2.24 bits per heavy atom. The molecule has 9 heteroatoms. The molecule has 110 valence electrons. The molecule has 4 amide bonds. The molecule has 0 aliphatic carbocycles. The van der Waals surface area contributed by atoms with Gasteiger partial charge in [0.25, 0.3) is 0 Å². The van der Waals surface area contributed by atoms with E-state index in [0.717, 1.165) is 0 Å². The molecule has 1 aromatic carbocycles. The molecule has 0 bridgehead atoms. The van der Waals surface area contributed by atoms with Crippen molar-refractivity contribution in [3.05, 3.63) is 33.8 Å². The average Bonchev–Trinajstić information content (AvgIpc) is 2.60. The van der Waals surface area contributed by atoms with Gasteiger partial charge in [-0.15, -0.1) is 0 Å². The van der Waals surface area contributed by atoms with E-state index in [9.17, 15) is 24.3 Å². The zero-order chi connectivity index (χ0) is 15.7. The first-order valence-corrected chi connectivity index (χ1v) is 6.38. The molecule has 0 radical (unpaired) electrons. The van der Waals surface area contributed by atoms with E-state index in [1.54, 1.807) is 0 Å². The molecule has 0 saturated carbocycles. The first-order valence-electron chi connectivity index (χ1n) is 5.62. The quantitative estimate of drug-likeness (QED) is 0.573. The highest BCUT2D eigenvalue weighted by Crippen LogP contribution is 2.24. The Labute approximate surface area is 128 Å². The molecule has 2 rings (SSSR count). The van der Waals surface area contributed by atoms with Crippen LogP contribution in [0.25, 0.3) is 0 Å². The van der Waals surface area contributed by atoms with E-state index in [4.69, 9.17) is 23.2 Å². The second-order valence-corrected chi connectivity index (χ2v) is 5.00. The molecule has 7 nitrogen and oxygen atoms in total. The summed E-state index contributed by atoms with van der Waals surface area (Å²) in [7, 11) is 0. The number of imide groups is 2. The summed E-state index contributed by atoms with van der Waals surface area (Å²) in [4.78, 5) is 46.6. The Morgan fingerprint density at radius 2 is 1.67 bits per heavy atom. The molecular weight excluding hydrogens is 323 g/mol. The topological polar surface area (TPSA) is 97.8 Å². The fourth-order valence-electron chi connectivity index (χ4n) is 1.78. The third kappa shape index (κ3) is 2.98. The maximum absolute atomic E-state index is 11.9. The summed E-state index contributed by atoms with van der Waals surface area (Å²) in [6, 6.07) is 3.43. The van der Waals surface area contributed by atoms with E-state index >= 15 is 0 Å². The Balaban J connectivity index is 2.22. The van der Waals surface area contributed by atoms with Gasteiger partial charge in [0.15, 0.2) is 0 Å². The number of benzene rings is 1. The van der Waals surface area contributed by atoms with Crippen molar-refractivity contribution in [3.63, 3.8) is 0 Å². The van der Waals surface area contributed by atoms with Gasteiger partial charge >= 0.3 is 17.8 Å². The highest BCUT2D eigenvalue weighted by Gasteiger charge is 2.44. The van der Waals surface area contributed by atoms with Gasteiger partial charge in [0.05, 0.1) is 29.1 Å². The number of amides is 4. The summed E-state index contributed by atoms with van der Waals surface area (Å²) in [5.41, 5.74) is 0.467. The number of rotatable bonds is 4. The normalized spacial score (nSPS) is 15.0. The molecule has 21 heavy (non-hydrogen) atoms. The summed E-state index contributed by atoms with van der Waals surface area (Å²) >= 11 is 11.6. The fourth-order valence-corrected chi connectivity index (χ4v) is 2.10. The van der Waals surface area contributed by atoms with Crippen molar-refractivity contribution in [1.82, 2.24) is 9.80 Å². The predicted molar refractivity (Wildman–Crippen MR) is 69.1 cm³/mol. The van der Waals surface area contributed by atoms with Crippen LogP contribution < -0.4 is 5.11 Å². The number of halogens is 2. The summed E-state index contributed by atoms with van der Waals surface area (Å²) in [6.07, 6.45) is 0. The molecule has 1 aliphatic heterocycles. The van der Waals surface area contributed by atoms with Crippen molar-refractivity contribution >= 4 is 47.0 Å². The lowest BCUT2D eigenvalue weighted by Gasteiger charge is -2.16. The summed E-state index contributed by atoms with van der Waals surface area (Å²) in [5, 5.41) is 11.0. The molecular formula is C12H7Cl2N2O5-. The van der Waals surface area contributed by atoms with E-state index in [1.807, 2.05) is 0 Å². The molecule has 0 N–H and O–H groups in total. The molecule has 0 unspecified atom stereocenters. The van der Waals surface area contributed by atoms with Crippen molar-refractivity contribution < 1.29 is 24.3 Å². The van der Waals surface area contributed by atoms with E-state index in [-0.39, 0.29) is 11.6 Å². The number of nitrogens with zero attached hydrogens (tertiary/aromatic N) is 2. The number of carboxylic acid groups (broad SMARTS) is 1. The van der Waals surface area contributed by atoms with Crippen molar-refractivity contribution in [2.24, 2.45) is 0 Å². The van der Waals surface area contributed by atoms with Crippen LogP contribution in [0.15, 0.2) is 18.2 Å². The number of aliphatic carboxylic acids is 1. The van der Waals surface area contributed by atoms with Gasteiger partial charge < -0.3 is 9.90 Å². The minimum Gasteiger partial charge on any atom is -0.548 e. The van der Waals surface area contributed by atoms with Crippen LogP contribution in [0.4, 0.5) is 4.79 Å². The van der Waals surface area contributed by atoms with E-state index in [1.165, 1.54) is 18.2 Å². The van der Waals surface area contributed by atoms with Crippen molar-refractivity contribution in [1.29, 1.82) is 0 Å². The van der Waals surface area contributed by atoms with Crippen molar-refractivity contribution in [2.75, 3.05) is 6.54 Å². The second-order valence-electron chi connectivity index (χ2n) is 4.19. The molecule has 0 aromatic heterocycles. The van der Waals surface area contributed by atoms with Gasteiger partial charge in [-0.25, -0.2) is 9.69 Å². The number of hydrogen-bond donors (Lipinski definition) is 0. The van der Waals surface area contributed by atoms with Gasteiger partial charge in [0.1, 0.15) is 0 Å². The monoisotopic (exact) mass is 329 g/mol.